The van der Waals surface area contributed by atoms with Gasteiger partial charge in [-0.2, -0.15) is 0 Å². The van der Waals surface area contributed by atoms with Gasteiger partial charge in [-0.15, -0.1) is 6.58 Å². The smallest absolute Gasteiger partial charge is 0.169 e. The van der Waals surface area contributed by atoms with Crippen molar-refractivity contribution in [3.63, 3.8) is 0 Å². The fourth-order valence-electron chi connectivity index (χ4n) is 3.24. The maximum atomic E-state index is 11.9. The third-order valence-electron chi connectivity index (χ3n) is 4.31. The van der Waals surface area contributed by atoms with E-state index in [2.05, 4.69) is 6.58 Å². The highest BCUT2D eigenvalue weighted by Gasteiger charge is 2.61. The Morgan fingerprint density at radius 3 is 2.69 bits per heavy atom. The zero-order valence-corrected chi connectivity index (χ0v) is 9.70. The van der Waals surface area contributed by atoms with Crippen LogP contribution < -0.4 is 0 Å². The molecule has 0 unspecified atom stereocenters. The summed E-state index contributed by atoms with van der Waals surface area (Å²) >= 11 is 0. The summed E-state index contributed by atoms with van der Waals surface area (Å²) in [5.74, 6) is -0.272. The first kappa shape index (κ1) is 10.5. The Labute approximate surface area is 95.8 Å². The monoisotopic (exact) mass is 222 g/mol. The van der Waals surface area contributed by atoms with Crippen LogP contribution in [0.2, 0.25) is 0 Å². The van der Waals surface area contributed by atoms with Gasteiger partial charge in [-0.3, -0.25) is 4.79 Å². The van der Waals surface area contributed by atoms with Gasteiger partial charge in [-0.1, -0.05) is 13.0 Å². The van der Waals surface area contributed by atoms with E-state index in [9.17, 15) is 4.79 Å². The number of ether oxygens (including phenoxy) is 2. The molecule has 0 aromatic heterocycles. The maximum absolute atomic E-state index is 11.9. The molecule has 3 rings (SSSR count). The van der Waals surface area contributed by atoms with Gasteiger partial charge in [-0.25, -0.2) is 0 Å². The Bertz CT molecular complexity index is 343. The fraction of sp³-hybridized carbons (Fsp3) is 0.769. The van der Waals surface area contributed by atoms with Gasteiger partial charge in [0.05, 0.1) is 0 Å². The lowest BCUT2D eigenvalue weighted by Crippen LogP contribution is -2.33. The van der Waals surface area contributed by atoms with Crippen molar-refractivity contribution in [1.82, 2.24) is 0 Å². The van der Waals surface area contributed by atoms with Crippen LogP contribution in [-0.4, -0.2) is 23.8 Å². The number of Topliss-reactive ketones (excluding diaryl/α,β-unsaturated/α-hetero) is 1. The van der Waals surface area contributed by atoms with Crippen LogP contribution in [0.4, 0.5) is 0 Å². The molecule has 0 N–H and O–H groups in total. The number of fused-ring (bicyclic) bond motifs is 1. The second-order valence-corrected chi connectivity index (χ2v) is 5.55. The molecule has 1 heterocycles. The zero-order chi connectivity index (χ0) is 11.4. The highest BCUT2D eigenvalue weighted by atomic mass is 16.8. The third-order valence-corrected chi connectivity index (χ3v) is 4.31. The van der Waals surface area contributed by atoms with Crippen molar-refractivity contribution in [2.24, 2.45) is 5.41 Å². The topological polar surface area (TPSA) is 35.5 Å². The van der Waals surface area contributed by atoms with Crippen molar-refractivity contribution >= 4 is 5.78 Å². The lowest BCUT2D eigenvalue weighted by atomic mass is 9.86. The molecule has 3 nitrogen and oxygen atoms in total. The van der Waals surface area contributed by atoms with Crippen LogP contribution in [0.25, 0.3) is 0 Å². The van der Waals surface area contributed by atoms with E-state index in [1.165, 1.54) is 0 Å². The average Bonchev–Trinajstić information content (AvgIpc) is 2.91. The predicted octanol–water partition coefficient (Wildman–Crippen LogP) is 2.21. The van der Waals surface area contributed by atoms with Crippen LogP contribution in [0.1, 0.15) is 39.0 Å². The number of hydrogen-bond donors (Lipinski definition) is 0. The largest absolute Gasteiger partial charge is 0.343 e. The van der Waals surface area contributed by atoms with Crippen molar-refractivity contribution in [3.8, 4) is 0 Å². The van der Waals surface area contributed by atoms with Crippen LogP contribution in [0.15, 0.2) is 12.7 Å². The summed E-state index contributed by atoms with van der Waals surface area (Å²) < 4.78 is 12.0. The summed E-state index contributed by atoms with van der Waals surface area (Å²) in [5, 5.41) is 0. The summed E-state index contributed by atoms with van der Waals surface area (Å²) in [5.41, 5.74) is -0.242. The van der Waals surface area contributed by atoms with Gasteiger partial charge in [0.25, 0.3) is 0 Å². The maximum Gasteiger partial charge on any atom is 0.169 e. The summed E-state index contributed by atoms with van der Waals surface area (Å²) in [6.07, 6.45) is 6.03. The van der Waals surface area contributed by atoms with Gasteiger partial charge < -0.3 is 9.47 Å². The molecule has 16 heavy (non-hydrogen) atoms. The van der Waals surface area contributed by atoms with E-state index in [1.807, 2.05) is 13.0 Å². The highest BCUT2D eigenvalue weighted by Crippen LogP contribution is 2.51. The number of rotatable bonds is 1. The quantitative estimate of drug-likeness (QED) is 0.638. The van der Waals surface area contributed by atoms with Gasteiger partial charge in [0, 0.05) is 24.7 Å². The van der Waals surface area contributed by atoms with Crippen molar-refractivity contribution < 1.29 is 14.3 Å². The molecule has 3 heteroatoms. The molecule has 2 saturated carbocycles. The minimum atomic E-state index is -0.449. The first-order valence-electron chi connectivity index (χ1n) is 6.11. The van der Waals surface area contributed by atoms with E-state index < -0.39 is 5.79 Å². The van der Waals surface area contributed by atoms with E-state index >= 15 is 0 Å². The van der Waals surface area contributed by atoms with Crippen molar-refractivity contribution in [2.45, 2.75) is 57.0 Å². The van der Waals surface area contributed by atoms with E-state index in [-0.39, 0.29) is 23.4 Å². The van der Waals surface area contributed by atoms with E-state index in [0.717, 1.165) is 25.7 Å². The molecular weight excluding hydrogens is 204 g/mol. The molecule has 1 aliphatic heterocycles. The third kappa shape index (κ3) is 1.25. The van der Waals surface area contributed by atoms with E-state index in [0.29, 0.717) is 6.42 Å². The first-order chi connectivity index (χ1) is 7.59. The zero-order valence-electron chi connectivity index (χ0n) is 9.70. The van der Waals surface area contributed by atoms with Gasteiger partial charge in [0.15, 0.2) is 11.6 Å². The molecule has 0 aromatic carbocycles. The Morgan fingerprint density at radius 1 is 1.38 bits per heavy atom. The van der Waals surface area contributed by atoms with Crippen LogP contribution >= 0.6 is 0 Å². The Kier molecular flexibility index (Phi) is 2.08. The van der Waals surface area contributed by atoms with Crippen LogP contribution in [-0.2, 0) is 14.3 Å². The first-order valence-corrected chi connectivity index (χ1v) is 6.11. The molecule has 0 aromatic rings. The minimum Gasteiger partial charge on any atom is -0.343 e. The average molecular weight is 222 g/mol. The van der Waals surface area contributed by atoms with Crippen LogP contribution in [0, 0.1) is 5.41 Å². The van der Waals surface area contributed by atoms with Crippen molar-refractivity contribution in [1.29, 1.82) is 0 Å². The van der Waals surface area contributed by atoms with E-state index in [1.54, 1.807) is 0 Å². The van der Waals surface area contributed by atoms with Crippen molar-refractivity contribution in [2.75, 3.05) is 0 Å². The molecule has 0 bridgehead atoms. The second-order valence-electron chi connectivity index (χ2n) is 5.55. The van der Waals surface area contributed by atoms with Crippen LogP contribution in [0.5, 0.6) is 0 Å². The molecule has 1 spiro atoms. The Balaban J connectivity index is 1.90. The lowest BCUT2D eigenvalue weighted by molar-refractivity contribution is -0.183. The molecule has 3 fully saturated rings. The normalized spacial score (nSPS) is 45.2. The molecule has 3 aliphatic rings. The fourth-order valence-corrected chi connectivity index (χ4v) is 3.24. The molecule has 2 aliphatic carbocycles. The summed E-state index contributed by atoms with van der Waals surface area (Å²) in [6, 6.07) is 0. The summed E-state index contributed by atoms with van der Waals surface area (Å²) in [4.78, 5) is 11.9. The molecular formula is C13H18O3. The standard InChI is InChI=1S/C13H18O3/c1-3-12(2)8-9(14)10-11(12)16-13(15-10)6-4-5-7-13/h3,10-11H,1,4-8H2,2H3/t10-,11-,12-/m1/s1. The summed E-state index contributed by atoms with van der Waals surface area (Å²) in [6.45, 7) is 5.88. The number of hydrogen-bond acceptors (Lipinski definition) is 3. The van der Waals surface area contributed by atoms with Gasteiger partial charge >= 0.3 is 0 Å². The van der Waals surface area contributed by atoms with Crippen LogP contribution in [0.3, 0.4) is 0 Å². The van der Waals surface area contributed by atoms with Crippen molar-refractivity contribution in [3.05, 3.63) is 12.7 Å². The second kappa shape index (κ2) is 3.17. The number of carbonyl (C=O) groups excluding carboxylic acids is 1. The minimum absolute atomic E-state index is 0.115. The highest BCUT2D eigenvalue weighted by molar-refractivity contribution is 5.88. The molecule has 0 radical (unpaired) electrons. The Morgan fingerprint density at radius 2 is 2.06 bits per heavy atom. The number of ketones is 1. The SMILES string of the molecule is C=C[C@]1(C)CC(=O)[C@H]2OC3(CCCC3)O[C@H]21. The predicted molar refractivity (Wildman–Crippen MR) is 58.9 cm³/mol. The van der Waals surface area contributed by atoms with E-state index in [4.69, 9.17) is 9.47 Å². The van der Waals surface area contributed by atoms with Gasteiger partial charge in [-0.05, 0) is 12.8 Å². The Hall–Kier alpha value is -0.670. The van der Waals surface area contributed by atoms with Gasteiger partial charge in [0.1, 0.15) is 12.2 Å². The molecule has 88 valence electrons. The summed E-state index contributed by atoms with van der Waals surface area (Å²) in [7, 11) is 0. The lowest BCUT2D eigenvalue weighted by Gasteiger charge is -2.28. The molecule has 3 atom stereocenters. The molecule has 0 amide bonds. The van der Waals surface area contributed by atoms with Gasteiger partial charge in [0.2, 0.25) is 0 Å². The number of carbonyl (C=O) groups is 1. The molecule has 1 saturated heterocycles.